The van der Waals surface area contributed by atoms with Gasteiger partial charge in [0.05, 0.1) is 18.2 Å². The Bertz CT molecular complexity index is 722. The molecule has 1 saturated heterocycles. The Morgan fingerprint density at radius 2 is 2.17 bits per heavy atom. The summed E-state index contributed by atoms with van der Waals surface area (Å²) in [6.07, 6.45) is 4.83. The molecule has 2 heterocycles. The van der Waals surface area contributed by atoms with Crippen LogP contribution in [0.2, 0.25) is 0 Å². The first-order valence-electron chi connectivity index (χ1n) is 8.44. The van der Waals surface area contributed by atoms with Crippen molar-refractivity contribution in [2.24, 2.45) is 11.3 Å². The maximum absolute atomic E-state index is 12.5. The molecule has 2 fully saturated rings. The molecule has 0 radical (unpaired) electrons. The van der Waals surface area contributed by atoms with E-state index in [2.05, 4.69) is 18.9 Å². The number of fused-ring (bicyclic) bond motifs is 1. The van der Waals surface area contributed by atoms with E-state index in [4.69, 9.17) is 9.47 Å². The maximum Gasteiger partial charge on any atom is 0.338 e. The van der Waals surface area contributed by atoms with E-state index in [1.807, 2.05) is 41.2 Å². The van der Waals surface area contributed by atoms with Gasteiger partial charge in [0, 0.05) is 30.3 Å². The summed E-state index contributed by atoms with van der Waals surface area (Å²) in [5.41, 5.74) is 1.59. The summed E-state index contributed by atoms with van der Waals surface area (Å²) in [5, 5.41) is 4.19. The highest BCUT2D eigenvalue weighted by Gasteiger charge is 2.61. The zero-order chi connectivity index (χ0) is 16.7. The summed E-state index contributed by atoms with van der Waals surface area (Å²) in [7, 11) is 0. The van der Waals surface area contributed by atoms with E-state index in [9.17, 15) is 4.79 Å². The lowest BCUT2D eigenvalue weighted by Gasteiger charge is -2.53. The highest BCUT2D eigenvalue weighted by Crippen LogP contribution is 2.53. The first kappa shape index (κ1) is 15.4. The molecule has 1 saturated carbocycles. The molecule has 3 atom stereocenters. The van der Waals surface area contributed by atoms with Gasteiger partial charge in [0.25, 0.3) is 0 Å². The Morgan fingerprint density at radius 3 is 2.88 bits per heavy atom. The molecule has 4 rings (SSSR count). The second kappa shape index (κ2) is 5.74. The predicted octanol–water partition coefficient (Wildman–Crippen LogP) is 2.90. The van der Waals surface area contributed by atoms with Crippen molar-refractivity contribution < 1.29 is 14.3 Å². The number of rotatable bonds is 4. The normalized spacial score (nSPS) is 27.3. The van der Waals surface area contributed by atoms with E-state index >= 15 is 0 Å². The minimum atomic E-state index is -0.246. The molecule has 0 spiro atoms. The molecule has 2 aliphatic rings. The summed E-state index contributed by atoms with van der Waals surface area (Å²) in [5.74, 6) is 0.104. The summed E-state index contributed by atoms with van der Waals surface area (Å²) < 4.78 is 13.4. The Balaban J connectivity index is 1.41. The molecule has 24 heavy (non-hydrogen) atoms. The Morgan fingerprint density at radius 1 is 1.38 bits per heavy atom. The topological polar surface area (TPSA) is 53.4 Å². The fourth-order valence-corrected chi connectivity index (χ4v) is 4.03. The molecule has 1 aliphatic carbocycles. The van der Waals surface area contributed by atoms with E-state index in [0.717, 1.165) is 18.6 Å². The van der Waals surface area contributed by atoms with Crippen molar-refractivity contribution in [1.29, 1.82) is 0 Å². The highest BCUT2D eigenvalue weighted by molar-refractivity contribution is 5.89. The van der Waals surface area contributed by atoms with Gasteiger partial charge in [-0.3, -0.25) is 4.68 Å². The van der Waals surface area contributed by atoms with Gasteiger partial charge in [-0.1, -0.05) is 26.0 Å². The average Bonchev–Trinajstić information content (AvgIpc) is 3.23. The van der Waals surface area contributed by atoms with Crippen LogP contribution in [0.25, 0.3) is 0 Å². The Hall–Kier alpha value is -2.14. The van der Waals surface area contributed by atoms with Gasteiger partial charge in [-0.05, 0) is 30.2 Å². The third-order valence-corrected chi connectivity index (χ3v) is 5.32. The zero-order valence-corrected chi connectivity index (χ0v) is 14.0. The third kappa shape index (κ3) is 2.53. The molecule has 0 N–H and O–H groups in total. The summed E-state index contributed by atoms with van der Waals surface area (Å²) in [4.78, 5) is 12.5. The number of aromatic nitrogens is 2. The molecular formula is C19H22N2O3. The first-order chi connectivity index (χ1) is 11.6. The number of hydrogen-bond acceptors (Lipinski definition) is 4. The van der Waals surface area contributed by atoms with Crippen LogP contribution < -0.4 is 0 Å². The van der Waals surface area contributed by atoms with Gasteiger partial charge in [-0.25, -0.2) is 4.79 Å². The van der Waals surface area contributed by atoms with E-state index < -0.39 is 0 Å². The third-order valence-electron chi connectivity index (χ3n) is 5.32. The Kier molecular flexibility index (Phi) is 3.68. The van der Waals surface area contributed by atoms with Gasteiger partial charge in [-0.15, -0.1) is 0 Å². The lowest BCUT2D eigenvalue weighted by molar-refractivity contribution is -0.183. The van der Waals surface area contributed by atoms with Crippen LogP contribution in [0, 0.1) is 11.3 Å². The standard InChI is InChI=1S/C19H22N2O3/c1-19(2)16-15(8-11-23-16)17(19)24-18(22)14-6-4-13(5-7-14)12-21-10-3-9-20-21/h3-7,9-10,15-17H,8,11-12H2,1-2H3. The number of carbonyl (C=O) groups is 1. The van der Waals surface area contributed by atoms with Gasteiger partial charge in [0.2, 0.25) is 0 Å². The minimum absolute atomic E-state index is 0.0544. The van der Waals surface area contributed by atoms with Gasteiger partial charge in [0.15, 0.2) is 0 Å². The zero-order valence-electron chi connectivity index (χ0n) is 14.0. The number of hydrogen-bond donors (Lipinski definition) is 0. The summed E-state index contributed by atoms with van der Waals surface area (Å²) >= 11 is 0. The second-order valence-electron chi connectivity index (χ2n) is 7.29. The van der Waals surface area contributed by atoms with E-state index in [1.54, 1.807) is 6.20 Å². The van der Waals surface area contributed by atoms with Crippen molar-refractivity contribution in [1.82, 2.24) is 9.78 Å². The lowest BCUT2D eigenvalue weighted by atomic mass is 9.59. The number of nitrogens with zero attached hydrogens (tertiary/aromatic N) is 2. The van der Waals surface area contributed by atoms with E-state index in [-0.39, 0.29) is 23.6 Å². The van der Waals surface area contributed by atoms with Gasteiger partial charge < -0.3 is 9.47 Å². The van der Waals surface area contributed by atoms with Crippen molar-refractivity contribution in [3.8, 4) is 0 Å². The minimum Gasteiger partial charge on any atom is -0.458 e. The van der Waals surface area contributed by atoms with E-state index in [0.29, 0.717) is 18.0 Å². The molecule has 1 aliphatic heterocycles. The van der Waals surface area contributed by atoms with Crippen LogP contribution in [-0.4, -0.2) is 34.6 Å². The number of benzene rings is 1. The van der Waals surface area contributed by atoms with Crippen LogP contribution in [0.1, 0.15) is 36.2 Å². The lowest BCUT2D eigenvalue weighted by Crippen LogP contribution is -2.61. The smallest absolute Gasteiger partial charge is 0.338 e. The summed E-state index contributed by atoms with van der Waals surface area (Å²) in [6, 6.07) is 9.45. The van der Waals surface area contributed by atoms with Crippen molar-refractivity contribution in [2.45, 2.75) is 39.0 Å². The molecule has 0 amide bonds. The summed E-state index contributed by atoms with van der Waals surface area (Å²) in [6.45, 7) is 5.70. The van der Waals surface area contributed by atoms with Crippen molar-refractivity contribution in [3.63, 3.8) is 0 Å². The fourth-order valence-electron chi connectivity index (χ4n) is 4.03. The second-order valence-corrected chi connectivity index (χ2v) is 7.29. The van der Waals surface area contributed by atoms with Crippen molar-refractivity contribution in [2.75, 3.05) is 6.61 Å². The number of esters is 1. The quantitative estimate of drug-likeness (QED) is 0.811. The molecule has 3 unspecified atom stereocenters. The maximum atomic E-state index is 12.5. The number of carbonyl (C=O) groups excluding carboxylic acids is 1. The monoisotopic (exact) mass is 326 g/mol. The first-order valence-corrected chi connectivity index (χ1v) is 8.44. The average molecular weight is 326 g/mol. The fraction of sp³-hybridized carbons (Fsp3) is 0.474. The number of ether oxygens (including phenoxy) is 2. The predicted molar refractivity (Wildman–Crippen MR) is 88.6 cm³/mol. The highest BCUT2D eigenvalue weighted by atomic mass is 16.6. The van der Waals surface area contributed by atoms with Gasteiger partial charge in [0.1, 0.15) is 6.10 Å². The molecular weight excluding hydrogens is 304 g/mol. The van der Waals surface area contributed by atoms with Gasteiger partial charge >= 0.3 is 5.97 Å². The van der Waals surface area contributed by atoms with Crippen LogP contribution >= 0.6 is 0 Å². The molecule has 0 bridgehead atoms. The van der Waals surface area contributed by atoms with Crippen LogP contribution in [0.3, 0.4) is 0 Å². The molecule has 2 aromatic rings. The van der Waals surface area contributed by atoms with Crippen LogP contribution in [0.5, 0.6) is 0 Å². The van der Waals surface area contributed by atoms with Gasteiger partial charge in [-0.2, -0.15) is 5.10 Å². The SMILES string of the molecule is CC1(C)C2OCCC2C1OC(=O)c1ccc(Cn2cccn2)cc1. The van der Waals surface area contributed by atoms with Crippen LogP contribution in [0.4, 0.5) is 0 Å². The molecule has 1 aromatic heterocycles. The molecule has 1 aromatic carbocycles. The van der Waals surface area contributed by atoms with E-state index in [1.165, 1.54) is 0 Å². The van der Waals surface area contributed by atoms with Crippen LogP contribution in [-0.2, 0) is 16.0 Å². The Labute approximate surface area is 141 Å². The largest absolute Gasteiger partial charge is 0.458 e. The molecule has 5 nitrogen and oxygen atoms in total. The molecule has 5 heteroatoms. The van der Waals surface area contributed by atoms with Crippen molar-refractivity contribution >= 4 is 5.97 Å². The van der Waals surface area contributed by atoms with Crippen LogP contribution in [0.15, 0.2) is 42.7 Å². The van der Waals surface area contributed by atoms with Crippen molar-refractivity contribution in [3.05, 3.63) is 53.9 Å². The molecule has 126 valence electrons.